The SMILES string of the molecule is COc1cccc(-n2nnc(C(=O)Nc3ccc(OC(F)(F)F)cc3)c2C)c1. The molecule has 3 aromatic rings. The number of halogens is 3. The van der Waals surface area contributed by atoms with Gasteiger partial charge in [-0.1, -0.05) is 11.3 Å². The summed E-state index contributed by atoms with van der Waals surface area (Å²) in [6, 6.07) is 11.9. The average molecular weight is 392 g/mol. The Balaban J connectivity index is 1.76. The van der Waals surface area contributed by atoms with E-state index in [2.05, 4.69) is 20.4 Å². The molecule has 1 heterocycles. The van der Waals surface area contributed by atoms with Gasteiger partial charge < -0.3 is 14.8 Å². The predicted octanol–water partition coefficient (Wildman–Crippen LogP) is 3.74. The van der Waals surface area contributed by atoms with E-state index in [0.29, 0.717) is 17.1 Å². The van der Waals surface area contributed by atoms with E-state index in [1.807, 2.05) is 0 Å². The molecule has 1 N–H and O–H groups in total. The molecule has 7 nitrogen and oxygen atoms in total. The lowest BCUT2D eigenvalue weighted by Gasteiger charge is -2.09. The first-order valence-electron chi connectivity index (χ1n) is 8.01. The molecule has 28 heavy (non-hydrogen) atoms. The minimum Gasteiger partial charge on any atom is -0.497 e. The van der Waals surface area contributed by atoms with Crippen molar-refractivity contribution in [2.45, 2.75) is 13.3 Å². The van der Waals surface area contributed by atoms with Crippen molar-refractivity contribution in [2.24, 2.45) is 0 Å². The van der Waals surface area contributed by atoms with Gasteiger partial charge in [-0.15, -0.1) is 18.3 Å². The maximum absolute atomic E-state index is 12.5. The van der Waals surface area contributed by atoms with E-state index in [1.54, 1.807) is 31.2 Å². The lowest BCUT2D eigenvalue weighted by atomic mass is 10.2. The maximum Gasteiger partial charge on any atom is 0.573 e. The third kappa shape index (κ3) is 4.40. The Morgan fingerprint density at radius 1 is 1.11 bits per heavy atom. The molecule has 0 atom stereocenters. The van der Waals surface area contributed by atoms with Crippen LogP contribution in [0.5, 0.6) is 11.5 Å². The van der Waals surface area contributed by atoms with E-state index in [-0.39, 0.29) is 17.1 Å². The molecule has 0 fully saturated rings. The summed E-state index contributed by atoms with van der Waals surface area (Å²) in [6.07, 6.45) is -4.78. The van der Waals surface area contributed by atoms with Gasteiger partial charge in [-0.25, -0.2) is 4.68 Å². The number of benzene rings is 2. The molecule has 0 aliphatic carbocycles. The van der Waals surface area contributed by atoms with Crippen LogP contribution in [0.1, 0.15) is 16.2 Å². The zero-order chi connectivity index (χ0) is 20.3. The van der Waals surface area contributed by atoms with E-state index in [0.717, 1.165) is 12.1 Å². The van der Waals surface area contributed by atoms with Gasteiger partial charge >= 0.3 is 6.36 Å². The highest BCUT2D eigenvalue weighted by Crippen LogP contribution is 2.24. The summed E-state index contributed by atoms with van der Waals surface area (Å²) in [5, 5.41) is 10.4. The Hall–Kier alpha value is -3.56. The molecular weight excluding hydrogens is 377 g/mol. The van der Waals surface area contributed by atoms with Crippen LogP contribution < -0.4 is 14.8 Å². The van der Waals surface area contributed by atoms with Gasteiger partial charge in [0, 0.05) is 11.8 Å². The van der Waals surface area contributed by atoms with Gasteiger partial charge in [0.1, 0.15) is 11.5 Å². The number of hydrogen-bond donors (Lipinski definition) is 1. The monoisotopic (exact) mass is 392 g/mol. The summed E-state index contributed by atoms with van der Waals surface area (Å²) in [6.45, 7) is 1.68. The van der Waals surface area contributed by atoms with Crippen molar-refractivity contribution in [3.63, 3.8) is 0 Å². The number of anilines is 1. The zero-order valence-corrected chi connectivity index (χ0v) is 14.8. The Morgan fingerprint density at radius 2 is 1.82 bits per heavy atom. The van der Waals surface area contributed by atoms with Gasteiger partial charge in [0.15, 0.2) is 5.69 Å². The van der Waals surface area contributed by atoms with E-state index in [1.165, 1.54) is 23.9 Å². The summed E-state index contributed by atoms with van der Waals surface area (Å²) in [5.74, 6) is -0.304. The highest BCUT2D eigenvalue weighted by molar-refractivity contribution is 6.03. The van der Waals surface area contributed by atoms with Crippen LogP contribution in [0.2, 0.25) is 0 Å². The smallest absolute Gasteiger partial charge is 0.497 e. The number of nitrogens with zero attached hydrogens (tertiary/aromatic N) is 3. The quantitative estimate of drug-likeness (QED) is 0.716. The van der Waals surface area contributed by atoms with Crippen molar-refractivity contribution in [3.05, 3.63) is 59.9 Å². The Morgan fingerprint density at radius 3 is 2.46 bits per heavy atom. The van der Waals surface area contributed by atoms with Gasteiger partial charge in [-0.2, -0.15) is 0 Å². The lowest BCUT2D eigenvalue weighted by Crippen LogP contribution is -2.17. The van der Waals surface area contributed by atoms with Crippen molar-refractivity contribution in [1.82, 2.24) is 15.0 Å². The molecule has 10 heteroatoms. The molecule has 0 unspecified atom stereocenters. The van der Waals surface area contributed by atoms with Crippen LogP contribution in [0.15, 0.2) is 48.5 Å². The molecule has 0 saturated carbocycles. The number of rotatable bonds is 5. The average Bonchev–Trinajstić information content (AvgIpc) is 3.04. The molecule has 2 aromatic carbocycles. The molecule has 1 aromatic heterocycles. The van der Waals surface area contributed by atoms with Crippen LogP contribution in [0, 0.1) is 6.92 Å². The lowest BCUT2D eigenvalue weighted by molar-refractivity contribution is -0.274. The zero-order valence-electron chi connectivity index (χ0n) is 14.8. The fourth-order valence-electron chi connectivity index (χ4n) is 2.46. The molecular formula is C18H15F3N4O3. The Labute approximate surface area is 157 Å². The molecule has 0 radical (unpaired) electrons. The first-order valence-corrected chi connectivity index (χ1v) is 8.01. The topological polar surface area (TPSA) is 78.3 Å². The second-order valence-corrected chi connectivity index (χ2v) is 5.66. The van der Waals surface area contributed by atoms with Gasteiger partial charge in [-0.05, 0) is 43.3 Å². The first-order chi connectivity index (χ1) is 13.3. The van der Waals surface area contributed by atoms with Crippen LogP contribution in [-0.2, 0) is 0 Å². The highest BCUT2D eigenvalue weighted by Gasteiger charge is 2.31. The molecule has 3 rings (SSSR count). The largest absolute Gasteiger partial charge is 0.573 e. The number of carbonyl (C=O) groups is 1. The highest BCUT2D eigenvalue weighted by atomic mass is 19.4. The maximum atomic E-state index is 12.5. The third-order valence-electron chi connectivity index (χ3n) is 3.75. The van der Waals surface area contributed by atoms with Crippen molar-refractivity contribution in [3.8, 4) is 17.2 Å². The molecule has 1 amide bonds. The van der Waals surface area contributed by atoms with Gasteiger partial charge in [-0.3, -0.25) is 4.79 Å². The van der Waals surface area contributed by atoms with Crippen molar-refractivity contribution < 1.29 is 27.4 Å². The fraction of sp³-hybridized carbons (Fsp3) is 0.167. The second-order valence-electron chi connectivity index (χ2n) is 5.66. The molecule has 0 aliphatic heterocycles. The number of hydrogen-bond acceptors (Lipinski definition) is 5. The summed E-state index contributed by atoms with van der Waals surface area (Å²) in [5.41, 5.74) is 1.52. The Bertz CT molecular complexity index is 984. The minimum absolute atomic E-state index is 0.0819. The minimum atomic E-state index is -4.78. The standard InChI is InChI=1S/C18H15F3N4O3/c1-11-16(23-24-25(11)13-4-3-5-15(10-13)27-2)17(26)22-12-6-8-14(9-7-12)28-18(19,20)21/h3-10H,1-2H3,(H,22,26). The Kier molecular flexibility index (Phi) is 5.21. The van der Waals surface area contributed by atoms with E-state index in [4.69, 9.17) is 4.74 Å². The van der Waals surface area contributed by atoms with Crippen molar-refractivity contribution in [2.75, 3.05) is 12.4 Å². The number of nitrogens with one attached hydrogen (secondary N) is 1. The summed E-state index contributed by atoms with van der Waals surface area (Å²) in [4.78, 5) is 12.5. The van der Waals surface area contributed by atoms with Crippen LogP contribution >= 0.6 is 0 Å². The summed E-state index contributed by atoms with van der Waals surface area (Å²) in [7, 11) is 1.54. The van der Waals surface area contributed by atoms with Gasteiger partial charge in [0.25, 0.3) is 5.91 Å². The van der Waals surface area contributed by atoms with Crippen LogP contribution in [0.25, 0.3) is 5.69 Å². The first kappa shape index (κ1) is 19.2. The molecule has 0 aliphatic rings. The van der Waals surface area contributed by atoms with Crippen molar-refractivity contribution in [1.29, 1.82) is 0 Å². The van der Waals surface area contributed by atoms with Crippen LogP contribution in [0.3, 0.4) is 0 Å². The normalized spacial score (nSPS) is 11.2. The predicted molar refractivity (Wildman–Crippen MR) is 93.7 cm³/mol. The van der Waals surface area contributed by atoms with Crippen LogP contribution in [0.4, 0.5) is 18.9 Å². The van der Waals surface area contributed by atoms with Crippen molar-refractivity contribution >= 4 is 11.6 Å². The number of amides is 1. The molecule has 146 valence electrons. The second kappa shape index (κ2) is 7.59. The molecule has 0 bridgehead atoms. The van der Waals surface area contributed by atoms with E-state index < -0.39 is 12.3 Å². The van der Waals surface area contributed by atoms with Gasteiger partial charge in [0.05, 0.1) is 18.5 Å². The summed E-state index contributed by atoms with van der Waals surface area (Å²) >= 11 is 0. The number of aromatic nitrogens is 3. The van der Waals surface area contributed by atoms with Gasteiger partial charge in [0.2, 0.25) is 0 Å². The number of alkyl halides is 3. The van der Waals surface area contributed by atoms with E-state index in [9.17, 15) is 18.0 Å². The fourth-order valence-corrected chi connectivity index (χ4v) is 2.46. The summed E-state index contributed by atoms with van der Waals surface area (Å²) < 4.78 is 47.0. The number of carbonyl (C=O) groups excluding carboxylic acids is 1. The van der Waals surface area contributed by atoms with Crippen LogP contribution in [-0.4, -0.2) is 34.4 Å². The third-order valence-corrected chi connectivity index (χ3v) is 3.75. The van der Waals surface area contributed by atoms with E-state index >= 15 is 0 Å². The number of methoxy groups -OCH3 is 1. The molecule has 0 saturated heterocycles. The molecule has 0 spiro atoms. The number of ether oxygens (including phenoxy) is 2.